The van der Waals surface area contributed by atoms with Crippen molar-refractivity contribution < 1.29 is 14.3 Å². The fourth-order valence-electron chi connectivity index (χ4n) is 1.02. The number of carbonyl (C=O) groups excluding carboxylic acids is 2. The number of nitrogens with one attached hydrogen (secondary N) is 2. The van der Waals surface area contributed by atoms with Crippen LogP contribution in [0.4, 0.5) is 4.79 Å². The van der Waals surface area contributed by atoms with E-state index in [0.29, 0.717) is 0 Å². The Morgan fingerprint density at radius 2 is 1.71 bits per heavy atom. The van der Waals surface area contributed by atoms with Crippen LogP contribution in [-0.4, -0.2) is 29.7 Å². The first kappa shape index (κ1) is 15.7. The van der Waals surface area contributed by atoms with Crippen molar-refractivity contribution in [1.29, 1.82) is 0 Å². The van der Waals surface area contributed by atoms with Crippen LogP contribution in [0.15, 0.2) is 0 Å². The van der Waals surface area contributed by atoms with Crippen molar-refractivity contribution in [3.63, 3.8) is 0 Å². The summed E-state index contributed by atoms with van der Waals surface area (Å²) in [7, 11) is 0. The van der Waals surface area contributed by atoms with E-state index >= 15 is 0 Å². The number of carbonyl (C=O) groups is 2. The van der Waals surface area contributed by atoms with Gasteiger partial charge in [0.1, 0.15) is 11.6 Å². The summed E-state index contributed by atoms with van der Waals surface area (Å²) in [5.41, 5.74) is -0.559. The second-order valence-corrected chi connectivity index (χ2v) is 5.19. The lowest BCUT2D eigenvalue weighted by Gasteiger charge is -2.22. The number of alkyl carbamates (subject to hydrolysis) is 1. The third kappa shape index (κ3) is 7.60. The molecule has 0 spiro atoms. The van der Waals surface area contributed by atoms with Crippen LogP contribution in [0, 0.1) is 0 Å². The Labute approximate surface area is 103 Å². The van der Waals surface area contributed by atoms with Gasteiger partial charge in [-0.15, -0.1) is 0 Å². The van der Waals surface area contributed by atoms with Gasteiger partial charge in [0.15, 0.2) is 0 Å². The predicted octanol–water partition coefficient (Wildman–Crippen LogP) is 1.81. The van der Waals surface area contributed by atoms with Crippen molar-refractivity contribution in [1.82, 2.24) is 10.6 Å². The van der Waals surface area contributed by atoms with Gasteiger partial charge in [-0.1, -0.05) is 6.92 Å². The molecule has 2 N–H and O–H groups in total. The van der Waals surface area contributed by atoms with Gasteiger partial charge in [0.25, 0.3) is 0 Å². The molecule has 0 aromatic heterocycles. The lowest BCUT2D eigenvalue weighted by Crippen LogP contribution is -2.48. The van der Waals surface area contributed by atoms with Crippen LogP contribution >= 0.6 is 0 Å². The molecule has 100 valence electrons. The fraction of sp³-hybridized carbons (Fsp3) is 0.833. The number of rotatable bonds is 4. The Balaban J connectivity index is 4.12. The van der Waals surface area contributed by atoms with E-state index in [4.69, 9.17) is 4.74 Å². The smallest absolute Gasteiger partial charge is 0.408 e. The summed E-state index contributed by atoms with van der Waals surface area (Å²) < 4.78 is 5.06. The van der Waals surface area contributed by atoms with Crippen LogP contribution in [-0.2, 0) is 9.53 Å². The molecule has 0 saturated carbocycles. The van der Waals surface area contributed by atoms with Gasteiger partial charge in [-0.2, -0.15) is 0 Å². The summed E-state index contributed by atoms with van der Waals surface area (Å²) in [4.78, 5) is 23.0. The van der Waals surface area contributed by atoms with Gasteiger partial charge < -0.3 is 15.4 Å². The van der Waals surface area contributed by atoms with E-state index in [1.807, 2.05) is 13.8 Å². The van der Waals surface area contributed by atoms with Crippen LogP contribution in [0.5, 0.6) is 0 Å². The number of hydrogen-bond donors (Lipinski definition) is 2. The lowest BCUT2D eigenvalue weighted by atomic mass is 10.2. The number of ether oxygens (including phenoxy) is 1. The summed E-state index contributed by atoms with van der Waals surface area (Å²) in [6.45, 7) is 10.8. The van der Waals surface area contributed by atoms with Crippen molar-refractivity contribution in [3.05, 3.63) is 0 Å². The molecule has 17 heavy (non-hydrogen) atoms. The molecule has 0 heterocycles. The standard InChI is InChI=1S/C12H24N2O3/c1-7-8(2)13-10(15)9(3)14-11(16)17-12(4,5)6/h8-9H,7H2,1-6H3,(H,13,15)(H,14,16)/t8-,9+/m1/s1. The normalized spacial score (nSPS) is 14.7. The highest BCUT2D eigenvalue weighted by molar-refractivity contribution is 5.85. The van der Waals surface area contributed by atoms with E-state index in [2.05, 4.69) is 10.6 Å². The molecular weight excluding hydrogens is 220 g/mol. The molecule has 2 amide bonds. The van der Waals surface area contributed by atoms with E-state index in [-0.39, 0.29) is 11.9 Å². The van der Waals surface area contributed by atoms with Crippen molar-refractivity contribution >= 4 is 12.0 Å². The quantitative estimate of drug-likeness (QED) is 0.792. The van der Waals surface area contributed by atoms with E-state index in [9.17, 15) is 9.59 Å². The van der Waals surface area contributed by atoms with Crippen LogP contribution in [0.25, 0.3) is 0 Å². The molecule has 5 heteroatoms. The highest BCUT2D eigenvalue weighted by atomic mass is 16.6. The van der Waals surface area contributed by atoms with E-state index in [0.717, 1.165) is 6.42 Å². The summed E-state index contributed by atoms with van der Waals surface area (Å²) in [5, 5.41) is 5.28. The molecule has 0 rings (SSSR count). The van der Waals surface area contributed by atoms with Crippen LogP contribution in [0.3, 0.4) is 0 Å². The van der Waals surface area contributed by atoms with Gasteiger partial charge in [-0.25, -0.2) is 4.79 Å². The molecule has 0 aliphatic rings. The molecule has 0 unspecified atom stereocenters. The van der Waals surface area contributed by atoms with Crippen molar-refractivity contribution in [2.45, 2.75) is 65.6 Å². The number of amides is 2. The third-order valence-electron chi connectivity index (χ3n) is 2.13. The minimum absolute atomic E-state index is 0.102. The molecule has 0 saturated heterocycles. The molecule has 0 radical (unpaired) electrons. The van der Waals surface area contributed by atoms with E-state index in [1.54, 1.807) is 27.7 Å². The predicted molar refractivity (Wildman–Crippen MR) is 66.7 cm³/mol. The Bertz CT molecular complexity index is 271. The van der Waals surface area contributed by atoms with Gasteiger partial charge in [0.2, 0.25) is 5.91 Å². The van der Waals surface area contributed by atoms with E-state index < -0.39 is 17.7 Å². The minimum Gasteiger partial charge on any atom is -0.444 e. The second-order valence-electron chi connectivity index (χ2n) is 5.19. The highest BCUT2D eigenvalue weighted by Crippen LogP contribution is 2.06. The second kappa shape index (κ2) is 6.47. The van der Waals surface area contributed by atoms with Crippen molar-refractivity contribution in [2.24, 2.45) is 0 Å². The molecule has 2 atom stereocenters. The zero-order valence-corrected chi connectivity index (χ0v) is 11.6. The molecule has 0 aliphatic heterocycles. The average molecular weight is 244 g/mol. The summed E-state index contributed by atoms with van der Waals surface area (Å²) in [6, 6.07) is -0.496. The van der Waals surface area contributed by atoms with Gasteiger partial charge in [-0.05, 0) is 41.0 Å². The molecular formula is C12H24N2O3. The summed E-state index contributed by atoms with van der Waals surface area (Å²) >= 11 is 0. The Hall–Kier alpha value is -1.26. The maximum Gasteiger partial charge on any atom is 0.408 e. The first-order chi connectivity index (χ1) is 7.65. The minimum atomic E-state index is -0.598. The highest BCUT2D eigenvalue weighted by Gasteiger charge is 2.21. The molecule has 0 aromatic carbocycles. The zero-order valence-electron chi connectivity index (χ0n) is 11.6. The first-order valence-electron chi connectivity index (χ1n) is 5.95. The largest absolute Gasteiger partial charge is 0.444 e. The Morgan fingerprint density at radius 1 is 1.18 bits per heavy atom. The summed E-state index contributed by atoms with van der Waals surface area (Å²) in [6.07, 6.45) is 0.273. The zero-order chi connectivity index (χ0) is 13.6. The molecule has 0 aromatic rings. The fourth-order valence-corrected chi connectivity index (χ4v) is 1.02. The molecule has 0 bridgehead atoms. The first-order valence-corrected chi connectivity index (χ1v) is 5.95. The van der Waals surface area contributed by atoms with Gasteiger partial charge in [0.05, 0.1) is 0 Å². The molecule has 0 aliphatic carbocycles. The molecule has 5 nitrogen and oxygen atoms in total. The van der Waals surface area contributed by atoms with Crippen molar-refractivity contribution in [2.75, 3.05) is 0 Å². The maximum atomic E-state index is 11.6. The van der Waals surface area contributed by atoms with Crippen LogP contribution in [0.1, 0.15) is 48.0 Å². The third-order valence-corrected chi connectivity index (χ3v) is 2.13. The number of hydrogen-bond acceptors (Lipinski definition) is 3. The topological polar surface area (TPSA) is 67.4 Å². The van der Waals surface area contributed by atoms with Crippen molar-refractivity contribution in [3.8, 4) is 0 Å². The van der Waals surface area contributed by atoms with Crippen LogP contribution in [0.2, 0.25) is 0 Å². The van der Waals surface area contributed by atoms with Crippen LogP contribution < -0.4 is 10.6 Å². The summed E-state index contributed by atoms with van der Waals surface area (Å²) in [5.74, 6) is -0.204. The maximum absolute atomic E-state index is 11.6. The Kier molecular flexibility index (Phi) is 5.99. The SMILES string of the molecule is CC[C@@H](C)NC(=O)[C@H](C)NC(=O)OC(C)(C)C. The van der Waals surface area contributed by atoms with E-state index in [1.165, 1.54) is 0 Å². The Morgan fingerprint density at radius 3 is 2.12 bits per heavy atom. The average Bonchev–Trinajstić information content (AvgIpc) is 2.14. The van der Waals surface area contributed by atoms with Gasteiger partial charge >= 0.3 is 6.09 Å². The molecule has 0 fully saturated rings. The lowest BCUT2D eigenvalue weighted by molar-refractivity contribution is -0.123. The monoisotopic (exact) mass is 244 g/mol. The van der Waals surface area contributed by atoms with Gasteiger partial charge in [0, 0.05) is 6.04 Å². The van der Waals surface area contributed by atoms with Gasteiger partial charge in [-0.3, -0.25) is 4.79 Å².